The molecule has 1 saturated carbocycles. The Morgan fingerprint density at radius 3 is 2.22 bits per heavy atom. The molecule has 3 aromatic carbocycles. The number of amides is 1. The molecule has 0 saturated heterocycles. The first kappa shape index (κ1) is 24.3. The molecular weight excluding hydrogens is 464 g/mol. The Hall–Kier alpha value is -3.38. The Balaban J connectivity index is 1.51. The average molecular weight is 497 g/mol. The molecule has 184 valence electrons. The van der Waals surface area contributed by atoms with E-state index in [1.807, 2.05) is 24.3 Å². The first-order valence-electron chi connectivity index (χ1n) is 12.7. The Morgan fingerprint density at radius 2 is 1.56 bits per heavy atom. The van der Waals surface area contributed by atoms with Crippen LogP contribution in [-0.4, -0.2) is 20.7 Å². The lowest BCUT2D eigenvalue weighted by Crippen LogP contribution is -2.35. The number of nitrogens with one attached hydrogen (secondary N) is 1. The second-order valence-corrected chi connectivity index (χ2v) is 10.5. The number of hydrogen-bond donors (Lipinski definition) is 1. The van der Waals surface area contributed by atoms with Crippen LogP contribution in [0, 0.1) is 12.8 Å². The summed E-state index contributed by atoms with van der Waals surface area (Å²) in [5.41, 5.74) is 4.59. The smallest absolute Gasteiger partial charge is 0.223 e. The van der Waals surface area contributed by atoms with Gasteiger partial charge in [-0.05, 0) is 49.4 Å². The van der Waals surface area contributed by atoms with E-state index in [2.05, 4.69) is 87.7 Å². The van der Waals surface area contributed by atoms with Crippen molar-refractivity contribution in [1.29, 1.82) is 0 Å². The summed E-state index contributed by atoms with van der Waals surface area (Å²) in [4.78, 5) is 13.3. The van der Waals surface area contributed by atoms with Gasteiger partial charge in [0.1, 0.15) is 0 Å². The minimum Gasteiger partial charge on any atom is -0.345 e. The maximum absolute atomic E-state index is 13.3. The van der Waals surface area contributed by atoms with E-state index < -0.39 is 0 Å². The molecule has 1 fully saturated rings. The van der Waals surface area contributed by atoms with Crippen molar-refractivity contribution in [2.75, 3.05) is 0 Å². The van der Waals surface area contributed by atoms with Gasteiger partial charge in [-0.3, -0.25) is 9.36 Å². The van der Waals surface area contributed by atoms with Gasteiger partial charge in [-0.2, -0.15) is 0 Å². The lowest BCUT2D eigenvalue weighted by atomic mass is 10.0. The van der Waals surface area contributed by atoms with Crippen molar-refractivity contribution in [1.82, 2.24) is 20.1 Å². The second kappa shape index (κ2) is 11.6. The summed E-state index contributed by atoms with van der Waals surface area (Å²) < 4.78 is 2.12. The molecule has 5 nitrogen and oxygen atoms in total. The van der Waals surface area contributed by atoms with Gasteiger partial charge < -0.3 is 5.32 Å². The molecule has 0 bridgehead atoms. The third-order valence-corrected chi connectivity index (χ3v) is 7.80. The normalized spacial score (nSPS) is 14.6. The van der Waals surface area contributed by atoms with Gasteiger partial charge >= 0.3 is 0 Å². The summed E-state index contributed by atoms with van der Waals surface area (Å²) in [6, 6.07) is 28.8. The fraction of sp³-hybridized carbons (Fsp3) is 0.300. The van der Waals surface area contributed by atoms with E-state index in [0.717, 1.165) is 53.7 Å². The standard InChI is InChI=1S/C30H32N4OS/c1-22-16-18-26(19-17-22)34-28(32-33-30(34)36-21-24-12-6-3-7-13-24)27(20-23-10-4-2-5-11-23)31-29(35)25-14-8-9-15-25/h2-7,10-13,16-19,25,27H,8-9,14-15,20-21H2,1H3,(H,31,35). The van der Waals surface area contributed by atoms with E-state index in [0.29, 0.717) is 6.42 Å². The lowest BCUT2D eigenvalue weighted by molar-refractivity contribution is -0.125. The van der Waals surface area contributed by atoms with Crippen molar-refractivity contribution in [3.63, 3.8) is 0 Å². The van der Waals surface area contributed by atoms with Gasteiger partial charge in [-0.15, -0.1) is 10.2 Å². The second-order valence-electron chi connectivity index (χ2n) is 9.52. The zero-order valence-electron chi connectivity index (χ0n) is 20.6. The molecule has 1 unspecified atom stereocenters. The Labute approximate surface area is 217 Å². The molecule has 1 N–H and O–H groups in total. The fourth-order valence-electron chi connectivity index (χ4n) is 4.79. The highest BCUT2D eigenvalue weighted by atomic mass is 32.2. The van der Waals surface area contributed by atoms with Crippen molar-refractivity contribution in [2.24, 2.45) is 5.92 Å². The molecule has 5 rings (SSSR count). The Kier molecular flexibility index (Phi) is 7.82. The van der Waals surface area contributed by atoms with Gasteiger partial charge in [0.15, 0.2) is 11.0 Å². The molecule has 1 aliphatic rings. The molecule has 4 aromatic rings. The lowest BCUT2D eigenvalue weighted by Gasteiger charge is -2.22. The molecular formula is C30H32N4OS. The van der Waals surface area contributed by atoms with Crippen LogP contribution in [0.25, 0.3) is 5.69 Å². The van der Waals surface area contributed by atoms with Crippen molar-refractivity contribution >= 4 is 17.7 Å². The van der Waals surface area contributed by atoms with E-state index in [4.69, 9.17) is 0 Å². The van der Waals surface area contributed by atoms with Crippen molar-refractivity contribution < 1.29 is 4.79 Å². The molecule has 1 amide bonds. The molecule has 0 radical (unpaired) electrons. The summed E-state index contributed by atoms with van der Waals surface area (Å²) in [5, 5.41) is 13.5. The summed E-state index contributed by atoms with van der Waals surface area (Å²) in [6.45, 7) is 2.09. The predicted molar refractivity (Wildman–Crippen MR) is 145 cm³/mol. The van der Waals surface area contributed by atoms with Gasteiger partial charge in [0, 0.05) is 17.4 Å². The van der Waals surface area contributed by atoms with Crippen LogP contribution < -0.4 is 5.32 Å². The van der Waals surface area contributed by atoms with Crippen LogP contribution in [-0.2, 0) is 17.0 Å². The quantitative estimate of drug-likeness (QED) is 0.270. The van der Waals surface area contributed by atoms with Crippen LogP contribution in [0.5, 0.6) is 0 Å². The number of rotatable bonds is 9. The monoisotopic (exact) mass is 496 g/mol. The minimum absolute atomic E-state index is 0.0888. The van der Waals surface area contributed by atoms with Crippen LogP contribution in [0.2, 0.25) is 0 Å². The molecule has 1 atom stereocenters. The van der Waals surface area contributed by atoms with Crippen LogP contribution in [0.4, 0.5) is 0 Å². The molecule has 36 heavy (non-hydrogen) atoms. The van der Waals surface area contributed by atoms with E-state index in [1.165, 1.54) is 11.1 Å². The maximum atomic E-state index is 13.3. The van der Waals surface area contributed by atoms with Gasteiger partial charge in [0.05, 0.1) is 6.04 Å². The molecule has 0 aliphatic heterocycles. The average Bonchev–Trinajstić information content (AvgIpc) is 3.60. The molecule has 1 aromatic heterocycles. The highest BCUT2D eigenvalue weighted by Gasteiger charge is 2.29. The Bertz CT molecular complexity index is 1270. The van der Waals surface area contributed by atoms with Crippen LogP contribution in [0.15, 0.2) is 90.1 Å². The maximum Gasteiger partial charge on any atom is 0.223 e. The number of aryl methyl sites for hydroxylation is 1. The highest BCUT2D eigenvalue weighted by Crippen LogP contribution is 2.31. The number of hydrogen-bond acceptors (Lipinski definition) is 4. The number of carbonyl (C=O) groups is 1. The van der Waals surface area contributed by atoms with Crippen molar-refractivity contribution in [2.45, 2.75) is 56.0 Å². The topological polar surface area (TPSA) is 59.8 Å². The number of thioether (sulfide) groups is 1. The van der Waals surface area contributed by atoms with Crippen LogP contribution in [0.3, 0.4) is 0 Å². The zero-order chi connectivity index (χ0) is 24.7. The fourth-order valence-corrected chi connectivity index (χ4v) is 5.71. The summed E-state index contributed by atoms with van der Waals surface area (Å²) in [6.07, 6.45) is 4.84. The number of aromatic nitrogens is 3. The summed E-state index contributed by atoms with van der Waals surface area (Å²) in [7, 11) is 0. The van der Waals surface area contributed by atoms with Crippen LogP contribution in [0.1, 0.15) is 54.2 Å². The number of carbonyl (C=O) groups excluding carboxylic acids is 1. The molecule has 1 aliphatic carbocycles. The zero-order valence-corrected chi connectivity index (χ0v) is 21.5. The first-order chi connectivity index (χ1) is 17.7. The third kappa shape index (κ3) is 5.88. The summed E-state index contributed by atoms with van der Waals surface area (Å²) >= 11 is 1.66. The van der Waals surface area contributed by atoms with E-state index >= 15 is 0 Å². The SMILES string of the molecule is Cc1ccc(-n2c(SCc3ccccc3)nnc2C(Cc2ccccc2)NC(=O)C2CCCC2)cc1. The third-order valence-electron chi connectivity index (χ3n) is 6.80. The summed E-state index contributed by atoms with van der Waals surface area (Å²) in [5.74, 6) is 1.78. The first-order valence-corrected chi connectivity index (χ1v) is 13.7. The molecule has 6 heteroatoms. The largest absolute Gasteiger partial charge is 0.345 e. The highest BCUT2D eigenvalue weighted by molar-refractivity contribution is 7.98. The van der Waals surface area contributed by atoms with Gasteiger partial charge in [-0.1, -0.05) is 103 Å². The predicted octanol–water partition coefficient (Wildman–Crippen LogP) is 6.46. The van der Waals surface area contributed by atoms with E-state index in [-0.39, 0.29) is 17.9 Å². The van der Waals surface area contributed by atoms with Gasteiger partial charge in [0.2, 0.25) is 5.91 Å². The van der Waals surface area contributed by atoms with Gasteiger partial charge in [0.25, 0.3) is 0 Å². The molecule has 1 heterocycles. The van der Waals surface area contributed by atoms with E-state index in [1.54, 1.807) is 11.8 Å². The number of benzene rings is 3. The number of nitrogens with zero attached hydrogens (tertiary/aromatic N) is 3. The molecule has 0 spiro atoms. The van der Waals surface area contributed by atoms with Crippen molar-refractivity contribution in [3.8, 4) is 5.69 Å². The van der Waals surface area contributed by atoms with Crippen molar-refractivity contribution in [3.05, 3.63) is 107 Å². The minimum atomic E-state index is -0.277. The Morgan fingerprint density at radius 1 is 0.917 bits per heavy atom. The van der Waals surface area contributed by atoms with Crippen LogP contribution >= 0.6 is 11.8 Å². The van der Waals surface area contributed by atoms with E-state index in [9.17, 15) is 4.79 Å². The van der Waals surface area contributed by atoms with Gasteiger partial charge in [-0.25, -0.2) is 0 Å².